The smallest absolute Gasteiger partial charge is 0.274 e. The fraction of sp³-hybridized carbons (Fsp3) is 0.370. The second kappa shape index (κ2) is 10.5. The van der Waals surface area contributed by atoms with Crippen LogP contribution in [0.25, 0.3) is 0 Å². The van der Waals surface area contributed by atoms with Crippen LogP contribution in [0.5, 0.6) is 5.75 Å². The first-order valence-corrected chi connectivity index (χ1v) is 12.1. The normalized spacial score (nSPS) is 17.9. The third-order valence-electron chi connectivity index (χ3n) is 6.95. The molecule has 0 radical (unpaired) electrons. The number of likely N-dealkylation sites (tertiary alicyclic amines) is 1. The van der Waals surface area contributed by atoms with Gasteiger partial charge in [-0.2, -0.15) is 0 Å². The minimum atomic E-state index is -0.301. The van der Waals surface area contributed by atoms with Gasteiger partial charge in [-0.15, -0.1) is 0 Å². The van der Waals surface area contributed by atoms with Crippen molar-refractivity contribution in [3.8, 4) is 5.75 Å². The van der Waals surface area contributed by atoms with Crippen LogP contribution >= 0.6 is 0 Å². The number of hydrogen-bond acceptors (Lipinski definition) is 5. The first-order valence-electron chi connectivity index (χ1n) is 12.1. The molecule has 2 amide bonds. The number of halogens is 1. The van der Waals surface area contributed by atoms with E-state index in [1.165, 1.54) is 12.1 Å². The van der Waals surface area contributed by atoms with Gasteiger partial charge in [0.05, 0.1) is 32.3 Å². The Bertz CT molecular complexity index is 1220. The molecular formula is C27H29FN4O4. The van der Waals surface area contributed by atoms with Gasteiger partial charge in [0.15, 0.2) is 5.69 Å². The largest absolute Gasteiger partial charge is 0.497 e. The molecule has 2 aliphatic heterocycles. The lowest BCUT2D eigenvalue weighted by Gasteiger charge is -2.31. The van der Waals surface area contributed by atoms with Crippen LogP contribution in [0.3, 0.4) is 0 Å². The van der Waals surface area contributed by atoms with Gasteiger partial charge in [-0.1, -0.05) is 24.3 Å². The fourth-order valence-electron chi connectivity index (χ4n) is 4.76. The number of methoxy groups -OCH3 is 1. The van der Waals surface area contributed by atoms with Crippen LogP contribution in [0, 0.1) is 11.7 Å². The molecular weight excluding hydrogens is 463 g/mol. The van der Waals surface area contributed by atoms with Gasteiger partial charge >= 0.3 is 0 Å². The van der Waals surface area contributed by atoms with E-state index in [1.54, 1.807) is 30.5 Å². The number of fused-ring (bicyclic) bond motifs is 1. The van der Waals surface area contributed by atoms with E-state index >= 15 is 0 Å². The van der Waals surface area contributed by atoms with Crippen molar-refractivity contribution in [2.75, 3.05) is 20.2 Å². The van der Waals surface area contributed by atoms with Gasteiger partial charge in [0, 0.05) is 25.6 Å². The zero-order valence-corrected chi connectivity index (χ0v) is 20.2. The number of benzene rings is 2. The lowest BCUT2D eigenvalue weighted by Crippen LogP contribution is -2.43. The number of carbonyl (C=O) groups excluding carboxylic acids is 2. The summed E-state index contributed by atoms with van der Waals surface area (Å²) in [5.41, 5.74) is 3.09. The van der Waals surface area contributed by atoms with Crippen molar-refractivity contribution in [1.82, 2.24) is 19.8 Å². The van der Waals surface area contributed by atoms with E-state index in [0.717, 1.165) is 22.6 Å². The average molecular weight is 493 g/mol. The van der Waals surface area contributed by atoms with Gasteiger partial charge in [-0.25, -0.2) is 9.37 Å². The summed E-state index contributed by atoms with van der Waals surface area (Å²) >= 11 is 0. The molecule has 36 heavy (non-hydrogen) atoms. The first-order chi connectivity index (χ1) is 17.5. The number of imidazole rings is 1. The predicted molar refractivity (Wildman–Crippen MR) is 130 cm³/mol. The van der Waals surface area contributed by atoms with Crippen molar-refractivity contribution in [3.63, 3.8) is 0 Å². The fourth-order valence-corrected chi connectivity index (χ4v) is 4.76. The molecule has 188 valence electrons. The van der Waals surface area contributed by atoms with Crippen molar-refractivity contribution in [1.29, 1.82) is 0 Å². The third-order valence-corrected chi connectivity index (χ3v) is 6.95. The van der Waals surface area contributed by atoms with Crippen molar-refractivity contribution in [2.24, 2.45) is 5.92 Å². The molecule has 1 atom stereocenters. The molecule has 3 aromatic rings. The summed E-state index contributed by atoms with van der Waals surface area (Å²) < 4.78 is 26.3. The molecule has 2 aromatic carbocycles. The Morgan fingerprint density at radius 3 is 2.53 bits per heavy atom. The van der Waals surface area contributed by atoms with Crippen molar-refractivity contribution in [2.45, 2.75) is 38.6 Å². The van der Waals surface area contributed by atoms with E-state index in [9.17, 15) is 14.0 Å². The maximum absolute atomic E-state index is 13.2. The Morgan fingerprint density at radius 2 is 1.83 bits per heavy atom. The average Bonchev–Trinajstić information content (AvgIpc) is 3.35. The highest BCUT2D eigenvalue weighted by Gasteiger charge is 2.32. The number of aromatic nitrogens is 2. The molecule has 0 aliphatic carbocycles. The van der Waals surface area contributed by atoms with Crippen LogP contribution in [-0.4, -0.2) is 46.5 Å². The predicted octanol–water partition coefficient (Wildman–Crippen LogP) is 3.47. The maximum Gasteiger partial charge on any atom is 0.274 e. The summed E-state index contributed by atoms with van der Waals surface area (Å²) in [5.74, 6) is 0.174. The molecule has 9 heteroatoms. The molecule has 5 rings (SSSR count). The second-order valence-corrected chi connectivity index (χ2v) is 9.18. The maximum atomic E-state index is 13.2. The lowest BCUT2D eigenvalue weighted by molar-refractivity contribution is -0.126. The standard InChI is InChI=1S/C27H29FN4O4/c1-35-22-8-4-19(5-9-22)24-15-32-17-30-25(23(32)16-36-24)27(34)31-12-10-20(11-13-31)26(33)29-14-18-2-6-21(28)7-3-18/h2-9,17,20,24H,10-16H2,1H3,(H,29,33)/t24-/m0/s1. The van der Waals surface area contributed by atoms with Gasteiger partial charge in [0.1, 0.15) is 17.7 Å². The Morgan fingerprint density at radius 1 is 1.11 bits per heavy atom. The summed E-state index contributed by atoms with van der Waals surface area (Å²) in [7, 11) is 1.63. The molecule has 1 saturated heterocycles. The Labute approximate surface area is 209 Å². The lowest BCUT2D eigenvalue weighted by atomic mass is 9.95. The monoisotopic (exact) mass is 492 g/mol. The summed E-state index contributed by atoms with van der Waals surface area (Å²) in [6, 6.07) is 13.9. The van der Waals surface area contributed by atoms with Crippen LogP contribution in [0.2, 0.25) is 0 Å². The molecule has 3 heterocycles. The summed E-state index contributed by atoms with van der Waals surface area (Å²) in [5, 5.41) is 2.92. The van der Waals surface area contributed by atoms with Crippen LogP contribution in [0.4, 0.5) is 4.39 Å². The zero-order chi connectivity index (χ0) is 25.1. The number of piperidine rings is 1. The molecule has 0 spiro atoms. The summed E-state index contributed by atoms with van der Waals surface area (Å²) in [4.78, 5) is 32.0. The van der Waals surface area contributed by atoms with E-state index in [1.807, 2.05) is 28.8 Å². The van der Waals surface area contributed by atoms with Crippen molar-refractivity contribution >= 4 is 11.8 Å². The van der Waals surface area contributed by atoms with Crippen LogP contribution in [0.1, 0.15) is 46.3 Å². The van der Waals surface area contributed by atoms with Gasteiger partial charge in [0.25, 0.3) is 5.91 Å². The highest BCUT2D eigenvalue weighted by Crippen LogP contribution is 2.30. The molecule has 2 aliphatic rings. The Kier molecular flexibility index (Phi) is 6.99. The van der Waals surface area contributed by atoms with Gasteiger partial charge in [-0.05, 0) is 48.2 Å². The Balaban J connectivity index is 1.15. The highest BCUT2D eigenvalue weighted by atomic mass is 19.1. The van der Waals surface area contributed by atoms with Crippen LogP contribution < -0.4 is 10.1 Å². The number of nitrogens with one attached hydrogen (secondary N) is 1. The minimum Gasteiger partial charge on any atom is -0.497 e. The molecule has 1 aromatic heterocycles. The zero-order valence-electron chi connectivity index (χ0n) is 20.2. The molecule has 1 fully saturated rings. The first kappa shape index (κ1) is 24.0. The van der Waals surface area contributed by atoms with Crippen molar-refractivity contribution < 1.29 is 23.5 Å². The molecule has 0 bridgehead atoms. The summed E-state index contributed by atoms with van der Waals surface area (Å²) in [6.45, 7) is 2.24. The minimum absolute atomic E-state index is 0.0382. The number of carbonyl (C=O) groups is 2. The number of rotatable bonds is 6. The molecule has 0 saturated carbocycles. The van der Waals surface area contributed by atoms with E-state index in [2.05, 4.69) is 10.3 Å². The van der Waals surface area contributed by atoms with Gasteiger partial charge < -0.3 is 24.3 Å². The van der Waals surface area contributed by atoms with E-state index < -0.39 is 0 Å². The number of nitrogens with zero attached hydrogens (tertiary/aromatic N) is 3. The summed E-state index contributed by atoms with van der Waals surface area (Å²) in [6.07, 6.45) is 2.77. The van der Waals surface area contributed by atoms with Crippen LogP contribution in [0.15, 0.2) is 54.9 Å². The Hall–Kier alpha value is -3.72. The second-order valence-electron chi connectivity index (χ2n) is 9.18. The third kappa shape index (κ3) is 5.11. The van der Waals surface area contributed by atoms with E-state index in [4.69, 9.17) is 9.47 Å². The van der Waals surface area contributed by atoms with E-state index in [-0.39, 0.29) is 29.7 Å². The van der Waals surface area contributed by atoms with Crippen LogP contribution in [-0.2, 0) is 29.2 Å². The number of amides is 2. The number of ether oxygens (including phenoxy) is 2. The quantitative estimate of drug-likeness (QED) is 0.570. The number of hydrogen-bond donors (Lipinski definition) is 1. The van der Waals surface area contributed by atoms with Gasteiger partial charge in [-0.3, -0.25) is 9.59 Å². The highest BCUT2D eigenvalue weighted by molar-refractivity contribution is 5.93. The van der Waals surface area contributed by atoms with Crippen molar-refractivity contribution in [3.05, 3.63) is 83.2 Å². The van der Waals surface area contributed by atoms with Gasteiger partial charge in [0.2, 0.25) is 5.91 Å². The topological polar surface area (TPSA) is 85.7 Å². The van der Waals surface area contributed by atoms with E-state index in [0.29, 0.717) is 51.3 Å². The SMILES string of the molecule is COc1ccc([C@@H]2Cn3cnc(C(=O)N4CCC(C(=O)NCc5ccc(F)cc5)CC4)c3CO2)cc1. The molecule has 0 unspecified atom stereocenters. The molecule has 8 nitrogen and oxygen atoms in total. The molecule has 1 N–H and O–H groups in total.